The first-order valence-electron chi connectivity index (χ1n) is 5.60. The van der Waals surface area contributed by atoms with Crippen LogP contribution < -0.4 is 0 Å². The van der Waals surface area contributed by atoms with Gasteiger partial charge in [-0.15, -0.1) is 0 Å². The van der Waals surface area contributed by atoms with Gasteiger partial charge in [0, 0.05) is 0 Å². The number of ether oxygens (including phenoxy) is 1. The molecule has 0 spiro atoms. The molecule has 1 aliphatic rings. The summed E-state index contributed by atoms with van der Waals surface area (Å²) in [7, 11) is 0. The SMILES string of the molecule is CC1CCC(OC(=O)C(C)(C)C)CC1. The average Bonchev–Trinajstić information content (AvgIpc) is 2.07. The minimum absolute atomic E-state index is 0.0583. The molecule has 1 rings (SSSR count). The van der Waals surface area contributed by atoms with Crippen LogP contribution in [0.2, 0.25) is 0 Å². The highest BCUT2D eigenvalue weighted by Gasteiger charge is 2.28. The molecular formula is C12H22O2. The average molecular weight is 198 g/mol. The Morgan fingerprint density at radius 2 is 1.64 bits per heavy atom. The molecule has 0 atom stereocenters. The minimum atomic E-state index is -0.358. The van der Waals surface area contributed by atoms with Gasteiger partial charge in [-0.3, -0.25) is 4.79 Å². The van der Waals surface area contributed by atoms with Crippen LogP contribution in [0, 0.1) is 11.3 Å². The van der Waals surface area contributed by atoms with Gasteiger partial charge in [0.15, 0.2) is 0 Å². The first kappa shape index (κ1) is 11.5. The number of carbonyl (C=O) groups is 1. The van der Waals surface area contributed by atoms with Crippen LogP contribution in [0.3, 0.4) is 0 Å². The van der Waals surface area contributed by atoms with Crippen molar-refractivity contribution in [2.75, 3.05) is 0 Å². The van der Waals surface area contributed by atoms with Gasteiger partial charge in [-0.1, -0.05) is 6.92 Å². The second kappa shape index (κ2) is 4.33. The molecule has 0 amide bonds. The first-order valence-corrected chi connectivity index (χ1v) is 5.60. The van der Waals surface area contributed by atoms with Crippen molar-refractivity contribution >= 4 is 5.97 Å². The lowest BCUT2D eigenvalue weighted by Crippen LogP contribution is -2.30. The highest BCUT2D eigenvalue weighted by molar-refractivity contribution is 5.75. The third-order valence-corrected chi connectivity index (χ3v) is 2.85. The second-order valence-corrected chi connectivity index (χ2v) is 5.54. The third kappa shape index (κ3) is 3.32. The fraction of sp³-hybridized carbons (Fsp3) is 0.917. The quantitative estimate of drug-likeness (QED) is 0.605. The normalized spacial score (nSPS) is 28.6. The molecule has 82 valence electrons. The van der Waals surface area contributed by atoms with E-state index in [1.807, 2.05) is 20.8 Å². The van der Waals surface area contributed by atoms with E-state index in [1.165, 1.54) is 12.8 Å². The molecule has 0 heterocycles. The topological polar surface area (TPSA) is 26.3 Å². The molecule has 1 saturated carbocycles. The lowest BCUT2D eigenvalue weighted by atomic mass is 9.88. The van der Waals surface area contributed by atoms with Gasteiger partial charge in [0.1, 0.15) is 6.10 Å². The van der Waals surface area contributed by atoms with Crippen LogP contribution in [0.15, 0.2) is 0 Å². The van der Waals surface area contributed by atoms with Crippen molar-refractivity contribution in [3.8, 4) is 0 Å². The zero-order valence-corrected chi connectivity index (χ0v) is 9.80. The Labute approximate surface area is 87.0 Å². The molecule has 1 fully saturated rings. The number of rotatable bonds is 1. The van der Waals surface area contributed by atoms with Crippen LogP contribution in [-0.2, 0) is 9.53 Å². The molecule has 0 aromatic rings. The van der Waals surface area contributed by atoms with E-state index in [2.05, 4.69) is 6.92 Å². The van der Waals surface area contributed by atoms with E-state index < -0.39 is 0 Å². The fourth-order valence-electron chi connectivity index (χ4n) is 1.68. The van der Waals surface area contributed by atoms with Crippen molar-refractivity contribution < 1.29 is 9.53 Å². The molecule has 0 bridgehead atoms. The van der Waals surface area contributed by atoms with Gasteiger partial charge in [0.05, 0.1) is 5.41 Å². The molecule has 2 heteroatoms. The van der Waals surface area contributed by atoms with Gasteiger partial charge >= 0.3 is 5.97 Å². The highest BCUT2D eigenvalue weighted by Crippen LogP contribution is 2.27. The molecule has 0 aromatic heterocycles. The summed E-state index contributed by atoms with van der Waals surface area (Å²) in [6, 6.07) is 0. The molecule has 0 saturated heterocycles. The lowest BCUT2D eigenvalue weighted by molar-refractivity contribution is -0.160. The summed E-state index contributed by atoms with van der Waals surface area (Å²) in [5, 5.41) is 0. The summed E-state index contributed by atoms with van der Waals surface area (Å²) in [5.74, 6) is 0.747. The molecule has 0 aliphatic heterocycles. The van der Waals surface area contributed by atoms with Crippen LogP contribution >= 0.6 is 0 Å². The number of hydrogen-bond donors (Lipinski definition) is 0. The predicted molar refractivity (Wildman–Crippen MR) is 57.0 cm³/mol. The monoisotopic (exact) mass is 198 g/mol. The van der Waals surface area contributed by atoms with Crippen molar-refractivity contribution in [3.05, 3.63) is 0 Å². The van der Waals surface area contributed by atoms with Crippen molar-refractivity contribution in [2.45, 2.75) is 59.5 Å². The number of carbonyl (C=O) groups excluding carboxylic acids is 1. The van der Waals surface area contributed by atoms with Crippen LogP contribution in [-0.4, -0.2) is 12.1 Å². The standard InChI is InChI=1S/C12H22O2/c1-9-5-7-10(8-6-9)14-11(13)12(2,3)4/h9-10H,5-8H2,1-4H3. The Morgan fingerprint density at radius 3 is 2.07 bits per heavy atom. The van der Waals surface area contributed by atoms with Crippen LogP contribution in [0.5, 0.6) is 0 Å². The summed E-state index contributed by atoms with van der Waals surface area (Å²) in [6.45, 7) is 7.98. The summed E-state index contributed by atoms with van der Waals surface area (Å²) in [6.07, 6.45) is 4.66. The van der Waals surface area contributed by atoms with Crippen LogP contribution in [0.1, 0.15) is 53.4 Å². The maximum Gasteiger partial charge on any atom is 0.311 e. The second-order valence-electron chi connectivity index (χ2n) is 5.54. The van der Waals surface area contributed by atoms with Gasteiger partial charge < -0.3 is 4.74 Å². The minimum Gasteiger partial charge on any atom is -0.462 e. The molecule has 14 heavy (non-hydrogen) atoms. The number of esters is 1. The molecular weight excluding hydrogens is 176 g/mol. The van der Waals surface area contributed by atoms with Gasteiger partial charge in [0.25, 0.3) is 0 Å². The third-order valence-electron chi connectivity index (χ3n) is 2.85. The van der Waals surface area contributed by atoms with Crippen LogP contribution in [0.4, 0.5) is 0 Å². The maximum atomic E-state index is 11.6. The van der Waals surface area contributed by atoms with Gasteiger partial charge in [-0.05, 0) is 52.4 Å². The Bertz CT molecular complexity index is 195. The molecule has 0 radical (unpaired) electrons. The zero-order valence-electron chi connectivity index (χ0n) is 9.80. The van der Waals surface area contributed by atoms with Gasteiger partial charge in [0.2, 0.25) is 0 Å². The molecule has 0 aromatic carbocycles. The molecule has 0 unspecified atom stereocenters. The predicted octanol–water partition coefficient (Wildman–Crippen LogP) is 3.15. The maximum absolute atomic E-state index is 11.6. The number of hydrogen-bond acceptors (Lipinski definition) is 2. The van der Waals surface area contributed by atoms with Crippen molar-refractivity contribution in [1.82, 2.24) is 0 Å². The Balaban J connectivity index is 2.35. The van der Waals surface area contributed by atoms with E-state index in [9.17, 15) is 4.79 Å². The highest BCUT2D eigenvalue weighted by atomic mass is 16.5. The van der Waals surface area contributed by atoms with E-state index in [-0.39, 0.29) is 17.5 Å². The summed E-state index contributed by atoms with van der Waals surface area (Å²) in [4.78, 5) is 11.6. The molecule has 1 aliphatic carbocycles. The Kier molecular flexibility index (Phi) is 3.57. The largest absolute Gasteiger partial charge is 0.462 e. The fourth-order valence-corrected chi connectivity index (χ4v) is 1.68. The van der Waals surface area contributed by atoms with E-state index in [4.69, 9.17) is 4.74 Å². The molecule has 0 N–H and O–H groups in total. The van der Waals surface area contributed by atoms with Gasteiger partial charge in [-0.25, -0.2) is 0 Å². The van der Waals surface area contributed by atoms with E-state index in [0.29, 0.717) is 0 Å². The first-order chi connectivity index (χ1) is 6.39. The summed E-state index contributed by atoms with van der Waals surface area (Å²) in [5.41, 5.74) is -0.358. The zero-order chi connectivity index (χ0) is 10.8. The van der Waals surface area contributed by atoms with E-state index >= 15 is 0 Å². The van der Waals surface area contributed by atoms with Crippen LogP contribution in [0.25, 0.3) is 0 Å². The van der Waals surface area contributed by atoms with E-state index in [0.717, 1.165) is 18.8 Å². The van der Waals surface area contributed by atoms with Crippen molar-refractivity contribution in [3.63, 3.8) is 0 Å². The van der Waals surface area contributed by atoms with Crippen molar-refractivity contribution in [1.29, 1.82) is 0 Å². The van der Waals surface area contributed by atoms with E-state index in [1.54, 1.807) is 0 Å². The van der Waals surface area contributed by atoms with Gasteiger partial charge in [-0.2, -0.15) is 0 Å². The smallest absolute Gasteiger partial charge is 0.311 e. The molecule has 2 nitrogen and oxygen atoms in total. The van der Waals surface area contributed by atoms with Crippen molar-refractivity contribution in [2.24, 2.45) is 11.3 Å². The Hall–Kier alpha value is -0.530. The summed E-state index contributed by atoms with van der Waals surface area (Å²) >= 11 is 0. The Morgan fingerprint density at radius 1 is 1.14 bits per heavy atom. The lowest BCUT2D eigenvalue weighted by Gasteiger charge is -2.28. The summed E-state index contributed by atoms with van der Waals surface area (Å²) < 4.78 is 5.47.